The molecule has 3 atom stereocenters. The van der Waals surface area contributed by atoms with Crippen molar-refractivity contribution in [1.29, 1.82) is 0 Å². The molecule has 1 aromatic rings. The van der Waals surface area contributed by atoms with Crippen molar-refractivity contribution < 1.29 is 0 Å². The summed E-state index contributed by atoms with van der Waals surface area (Å²) in [5.41, 5.74) is 0. The zero-order valence-corrected chi connectivity index (χ0v) is 12.0. The standard InChI is InChI=1S/C15H26N4/c1-18-8-3-4-13(11-18)10-17-14-5-2-6-15(14)19-9-7-16-12-19/h7,9,12-15,17H,2-6,8,10-11H2,1H3. The number of likely N-dealkylation sites (tertiary alicyclic amines) is 1. The molecule has 1 aliphatic heterocycles. The fraction of sp³-hybridized carbons (Fsp3) is 0.800. The van der Waals surface area contributed by atoms with E-state index in [0.717, 1.165) is 5.92 Å². The van der Waals surface area contributed by atoms with Crippen molar-refractivity contribution >= 4 is 0 Å². The number of piperidine rings is 1. The molecule has 0 radical (unpaired) electrons. The third-order valence-electron chi connectivity index (χ3n) is 4.78. The Hall–Kier alpha value is -0.870. The molecule has 4 heteroatoms. The van der Waals surface area contributed by atoms with Crippen molar-refractivity contribution in [2.75, 3.05) is 26.7 Å². The minimum atomic E-state index is 0.615. The van der Waals surface area contributed by atoms with Crippen LogP contribution >= 0.6 is 0 Å². The first-order chi connectivity index (χ1) is 9.33. The Labute approximate surface area is 116 Å². The summed E-state index contributed by atoms with van der Waals surface area (Å²) in [6.45, 7) is 3.72. The van der Waals surface area contributed by atoms with E-state index >= 15 is 0 Å². The number of imidazole rings is 1. The van der Waals surface area contributed by atoms with Gasteiger partial charge in [-0.05, 0) is 58.2 Å². The molecule has 1 N–H and O–H groups in total. The highest BCUT2D eigenvalue weighted by Crippen LogP contribution is 2.30. The van der Waals surface area contributed by atoms with E-state index in [1.165, 1.54) is 51.7 Å². The van der Waals surface area contributed by atoms with Crippen LogP contribution in [0.2, 0.25) is 0 Å². The molecule has 1 aromatic heterocycles. The van der Waals surface area contributed by atoms with Gasteiger partial charge >= 0.3 is 0 Å². The quantitative estimate of drug-likeness (QED) is 0.900. The molecule has 1 saturated carbocycles. The van der Waals surface area contributed by atoms with Gasteiger partial charge in [0.15, 0.2) is 0 Å². The van der Waals surface area contributed by atoms with E-state index in [4.69, 9.17) is 0 Å². The van der Waals surface area contributed by atoms with Crippen LogP contribution in [-0.4, -0.2) is 47.2 Å². The Kier molecular flexibility index (Phi) is 4.18. The average molecular weight is 262 g/mol. The molecule has 0 amide bonds. The average Bonchev–Trinajstić information content (AvgIpc) is 3.07. The molecule has 3 rings (SSSR count). The topological polar surface area (TPSA) is 33.1 Å². The Bertz CT molecular complexity index is 376. The molecular weight excluding hydrogens is 236 g/mol. The van der Waals surface area contributed by atoms with E-state index in [9.17, 15) is 0 Å². The number of nitrogens with zero attached hydrogens (tertiary/aromatic N) is 3. The van der Waals surface area contributed by atoms with Gasteiger partial charge in [0, 0.05) is 31.0 Å². The minimum Gasteiger partial charge on any atom is -0.333 e. The van der Waals surface area contributed by atoms with Crippen LogP contribution < -0.4 is 5.32 Å². The van der Waals surface area contributed by atoms with E-state index in [1.54, 1.807) is 0 Å². The van der Waals surface area contributed by atoms with Crippen LogP contribution in [0.5, 0.6) is 0 Å². The van der Waals surface area contributed by atoms with E-state index < -0.39 is 0 Å². The Morgan fingerprint density at radius 3 is 3.00 bits per heavy atom. The Morgan fingerprint density at radius 2 is 2.21 bits per heavy atom. The maximum Gasteiger partial charge on any atom is 0.0949 e. The number of aromatic nitrogens is 2. The zero-order valence-electron chi connectivity index (χ0n) is 12.0. The molecule has 0 spiro atoms. The second-order valence-electron chi connectivity index (χ2n) is 6.29. The van der Waals surface area contributed by atoms with Crippen molar-refractivity contribution in [1.82, 2.24) is 19.8 Å². The first-order valence-corrected chi connectivity index (χ1v) is 7.72. The molecule has 19 heavy (non-hydrogen) atoms. The molecule has 3 unspecified atom stereocenters. The van der Waals surface area contributed by atoms with Gasteiger partial charge in [0.05, 0.1) is 6.33 Å². The highest BCUT2D eigenvalue weighted by Gasteiger charge is 2.29. The Balaban J connectivity index is 1.51. The third-order valence-corrected chi connectivity index (χ3v) is 4.78. The summed E-state index contributed by atoms with van der Waals surface area (Å²) in [5, 5.41) is 3.83. The molecule has 0 aromatic carbocycles. The lowest BCUT2D eigenvalue weighted by Crippen LogP contribution is -2.42. The largest absolute Gasteiger partial charge is 0.333 e. The smallest absolute Gasteiger partial charge is 0.0949 e. The fourth-order valence-electron chi connectivity index (χ4n) is 3.76. The molecule has 0 bridgehead atoms. The van der Waals surface area contributed by atoms with Gasteiger partial charge in [-0.1, -0.05) is 0 Å². The lowest BCUT2D eigenvalue weighted by molar-refractivity contribution is 0.199. The van der Waals surface area contributed by atoms with Crippen LogP contribution in [-0.2, 0) is 0 Å². The second kappa shape index (κ2) is 6.06. The van der Waals surface area contributed by atoms with Crippen LogP contribution in [0.4, 0.5) is 0 Å². The molecule has 2 fully saturated rings. The SMILES string of the molecule is CN1CCCC(CNC2CCCC2n2ccnc2)C1. The first kappa shape index (κ1) is 13.1. The number of hydrogen-bond donors (Lipinski definition) is 1. The second-order valence-corrected chi connectivity index (χ2v) is 6.29. The van der Waals surface area contributed by atoms with Gasteiger partial charge < -0.3 is 14.8 Å². The van der Waals surface area contributed by atoms with Crippen LogP contribution in [0, 0.1) is 5.92 Å². The third kappa shape index (κ3) is 3.18. The van der Waals surface area contributed by atoms with Crippen LogP contribution in [0.1, 0.15) is 38.1 Å². The van der Waals surface area contributed by atoms with Crippen molar-refractivity contribution in [2.45, 2.75) is 44.2 Å². The predicted molar refractivity (Wildman–Crippen MR) is 77.1 cm³/mol. The van der Waals surface area contributed by atoms with Crippen LogP contribution in [0.15, 0.2) is 18.7 Å². The fourth-order valence-corrected chi connectivity index (χ4v) is 3.76. The molecule has 1 saturated heterocycles. The van der Waals surface area contributed by atoms with Gasteiger partial charge in [0.25, 0.3) is 0 Å². The monoisotopic (exact) mass is 262 g/mol. The summed E-state index contributed by atoms with van der Waals surface area (Å²) in [4.78, 5) is 6.66. The van der Waals surface area contributed by atoms with Crippen molar-refractivity contribution in [3.8, 4) is 0 Å². The molecule has 1 aliphatic carbocycles. The van der Waals surface area contributed by atoms with E-state index in [1.807, 2.05) is 12.5 Å². The van der Waals surface area contributed by atoms with Crippen LogP contribution in [0.3, 0.4) is 0 Å². The first-order valence-electron chi connectivity index (χ1n) is 7.72. The summed E-state index contributed by atoms with van der Waals surface area (Å²) in [6, 6.07) is 1.25. The molecule has 106 valence electrons. The van der Waals surface area contributed by atoms with Gasteiger partial charge in [-0.25, -0.2) is 4.98 Å². The molecule has 4 nitrogen and oxygen atoms in total. The maximum atomic E-state index is 4.19. The maximum absolute atomic E-state index is 4.19. The lowest BCUT2D eigenvalue weighted by atomic mass is 9.98. The van der Waals surface area contributed by atoms with Gasteiger partial charge in [-0.15, -0.1) is 0 Å². The van der Waals surface area contributed by atoms with Crippen molar-refractivity contribution in [3.05, 3.63) is 18.7 Å². The summed E-state index contributed by atoms with van der Waals surface area (Å²) in [5.74, 6) is 0.836. The summed E-state index contributed by atoms with van der Waals surface area (Å²) in [6.07, 6.45) is 12.7. The zero-order chi connectivity index (χ0) is 13.1. The minimum absolute atomic E-state index is 0.615. The van der Waals surface area contributed by atoms with Gasteiger partial charge in [0.1, 0.15) is 0 Å². The van der Waals surface area contributed by atoms with Crippen LogP contribution in [0.25, 0.3) is 0 Å². The van der Waals surface area contributed by atoms with Crippen molar-refractivity contribution in [3.63, 3.8) is 0 Å². The van der Waals surface area contributed by atoms with E-state index in [2.05, 4.69) is 33.0 Å². The van der Waals surface area contributed by atoms with Crippen molar-refractivity contribution in [2.24, 2.45) is 5.92 Å². The highest BCUT2D eigenvalue weighted by molar-refractivity contribution is 4.92. The van der Waals surface area contributed by atoms with E-state index in [-0.39, 0.29) is 0 Å². The van der Waals surface area contributed by atoms with E-state index in [0.29, 0.717) is 12.1 Å². The molecular formula is C15H26N4. The number of hydrogen-bond acceptors (Lipinski definition) is 3. The van der Waals surface area contributed by atoms with Gasteiger partial charge in [-0.2, -0.15) is 0 Å². The molecule has 2 heterocycles. The number of nitrogens with one attached hydrogen (secondary N) is 1. The summed E-state index contributed by atoms with van der Waals surface area (Å²) in [7, 11) is 2.25. The highest BCUT2D eigenvalue weighted by atomic mass is 15.1. The summed E-state index contributed by atoms with van der Waals surface area (Å²) < 4.78 is 2.29. The summed E-state index contributed by atoms with van der Waals surface area (Å²) >= 11 is 0. The predicted octanol–water partition coefficient (Wildman–Crippen LogP) is 1.91. The van der Waals surface area contributed by atoms with Gasteiger partial charge in [0.2, 0.25) is 0 Å². The Morgan fingerprint density at radius 1 is 1.26 bits per heavy atom. The molecule has 2 aliphatic rings. The normalized spacial score (nSPS) is 32.8. The lowest BCUT2D eigenvalue weighted by Gasteiger charge is -2.31. The number of rotatable bonds is 4. The van der Waals surface area contributed by atoms with Gasteiger partial charge in [-0.3, -0.25) is 0 Å².